The van der Waals surface area contributed by atoms with Crippen molar-refractivity contribution >= 4 is 44.1 Å². The first-order chi connectivity index (χ1) is 9.67. The second kappa shape index (κ2) is 5.08. The van der Waals surface area contributed by atoms with E-state index in [2.05, 4.69) is 21.4 Å². The highest BCUT2D eigenvalue weighted by molar-refractivity contribution is 7.22. The average Bonchev–Trinajstić information content (AvgIpc) is 2.82. The summed E-state index contributed by atoms with van der Waals surface area (Å²) in [6.07, 6.45) is 1.55. The van der Waals surface area contributed by atoms with Crippen LogP contribution in [-0.4, -0.2) is 9.97 Å². The smallest absolute Gasteiger partial charge is 0.189 e. The van der Waals surface area contributed by atoms with E-state index in [0.29, 0.717) is 21.5 Å². The van der Waals surface area contributed by atoms with Crippen LogP contribution in [0.2, 0.25) is 5.02 Å². The van der Waals surface area contributed by atoms with Gasteiger partial charge in [0.05, 0.1) is 15.8 Å². The first-order valence-electron chi connectivity index (χ1n) is 5.86. The van der Waals surface area contributed by atoms with Gasteiger partial charge in [-0.05, 0) is 30.7 Å². The SMILES string of the molecule is Cc1ccc2nc(Nc3nccc(C#N)c3Cl)sc2c1. The molecule has 0 aliphatic carbocycles. The van der Waals surface area contributed by atoms with Crippen LogP contribution in [-0.2, 0) is 0 Å². The van der Waals surface area contributed by atoms with Crippen LogP contribution < -0.4 is 5.32 Å². The van der Waals surface area contributed by atoms with Crippen LogP contribution in [0.5, 0.6) is 0 Å². The van der Waals surface area contributed by atoms with Gasteiger partial charge < -0.3 is 5.32 Å². The van der Waals surface area contributed by atoms with E-state index >= 15 is 0 Å². The molecule has 4 nitrogen and oxygen atoms in total. The van der Waals surface area contributed by atoms with Crippen LogP contribution in [0.3, 0.4) is 0 Å². The van der Waals surface area contributed by atoms with Gasteiger partial charge >= 0.3 is 0 Å². The number of benzene rings is 1. The second-order valence-electron chi connectivity index (χ2n) is 4.25. The fourth-order valence-electron chi connectivity index (χ4n) is 1.80. The predicted molar refractivity (Wildman–Crippen MR) is 81.6 cm³/mol. The third kappa shape index (κ3) is 2.31. The highest BCUT2D eigenvalue weighted by Crippen LogP contribution is 2.31. The fraction of sp³-hybridized carbons (Fsp3) is 0.0714. The molecule has 98 valence electrons. The van der Waals surface area contributed by atoms with Crippen molar-refractivity contribution in [2.45, 2.75) is 6.92 Å². The van der Waals surface area contributed by atoms with E-state index in [9.17, 15) is 0 Å². The van der Waals surface area contributed by atoms with E-state index in [1.807, 2.05) is 25.1 Å². The third-order valence-corrected chi connectivity index (χ3v) is 4.10. The summed E-state index contributed by atoms with van der Waals surface area (Å²) < 4.78 is 1.10. The van der Waals surface area contributed by atoms with E-state index in [0.717, 1.165) is 10.2 Å². The van der Waals surface area contributed by atoms with Crippen molar-refractivity contribution in [2.75, 3.05) is 5.32 Å². The number of anilines is 2. The van der Waals surface area contributed by atoms with Crippen LogP contribution in [0.1, 0.15) is 11.1 Å². The molecular weight excluding hydrogens is 292 g/mol. The molecule has 0 unspecified atom stereocenters. The summed E-state index contributed by atoms with van der Waals surface area (Å²) in [6.45, 7) is 2.04. The molecule has 0 atom stereocenters. The number of nitrogens with one attached hydrogen (secondary N) is 1. The number of halogens is 1. The standard InChI is InChI=1S/C14H9ClN4S/c1-8-2-3-10-11(6-8)20-14(18-10)19-13-12(15)9(7-16)4-5-17-13/h2-6H,1H3,(H,17,18,19). The number of aryl methyl sites for hydroxylation is 1. The first kappa shape index (κ1) is 12.9. The van der Waals surface area contributed by atoms with Gasteiger partial charge in [0.25, 0.3) is 0 Å². The Morgan fingerprint density at radius 2 is 2.20 bits per heavy atom. The van der Waals surface area contributed by atoms with Gasteiger partial charge in [0.2, 0.25) is 0 Å². The summed E-state index contributed by atoms with van der Waals surface area (Å²) in [4.78, 5) is 8.61. The molecule has 2 heterocycles. The van der Waals surface area contributed by atoms with Crippen LogP contribution >= 0.6 is 22.9 Å². The maximum absolute atomic E-state index is 8.95. The molecule has 0 fully saturated rings. The molecule has 0 saturated carbocycles. The van der Waals surface area contributed by atoms with Gasteiger partial charge in [-0.1, -0.05) is 29.0 Å². The maximum atomic E-state index is 8.95. The maximum Gasteiger partial charge on any atom is 0.189 e. The summed E-state index contributed by atoms with van der Waals surface area (Å²) >= 11 is 7.64. The summed E-state index contributed by atoms with van der Waals surface area (Å²) in [7, 11) is 0. The average molecular weight is 301 g/mol. The molecule has 0 aliphatic rings. The van der Waals surface area contributed by atoms with E-state index < -0.39 is 0 Å². The highest BCUT2D eigenvalue weighted by Gasteiger charge is 2.10. The lowest BCUT2D eigenvalue weighted by atomic mass is 10.2. The number of aromatic nitrogens is 2. The van der Waals surface area contributed by atoms with Crippen LogP contribution in [0.15, 0.2) is 30.5 Å². The molecule has 0 bridgehead atoms. The highest BCUT2D eigenvalue weighted by atomic mass is 35.5. The molecule has 1 N–H and O–H groups in total. The molecular formula is C14H9ClN4S. The molecule has 3 rings (SSSR count). The Labute approximate surface area is 124 Å². The van der Waals surface area contributed by atoms with Crippen molar-refractivity contribution in [1.82, 2.24) is 9.97 Å². The normalized spacial score (nSPS) is 10.4. The Bertz CT molecular complexity index is 835. The predicted octanol–water partition coefficient (Wildman–Crippen LogP) is 4.27. The van der Waals surface area contributed by atoms with Crippen molar-refractivity contribution in [3.8, 4) is 6.07 Å². The Hall–Kier alpha value is -2.16. The lowest BCUT2D eigenvalue weighted by molar-refractivity contribution is 1.28. The zero-order valence-corrected chi connectivity index (χ0v) is 12.1. The molecule has 0 radical (unpaired) electrons. The summed E-state index contributed by atoms with van der Waals surface area (Å²) in [5.41, 5.74) is 2.51. The lowest BCUT2D eigenvalue weighted by Gasteiger charge is -2.04. The van der Waals surface area contributed by atoms with Gasteiger partial charge in [-0.15, -0.1) is 0 Å². The minimum atomic E-state index is 0.311. The molecule has 0 aliphatic heterocycles. The zero-order chi connectivity index (χ0) is 14.1. The van der Waals surface area contributed by atoms with Gasteiger partial charge in [0.15, 0.2) is 10.9 Å². The van der Waals surface area contributed by atoms with Gasteiger partial charge in [-0.25, -0.2) is 9.97 Å². The topological polar surface area (TPSA) is 61.6 Å². The number of fused-ring (bicyclic) bond motifs is 1. The number of hydrogen-bond acceptors (Lipinski definition) is 5. The van der Waals surface area contributed by atoms with Gasteiger partial charge in [-0.2, -0.15) is 5.26 Å². The van der Waals surface area contributed by atoms with Crippen molar-refractivity contribution in [1.29, 1.82) is 5.26 Å². The van der Waals surface area contributed by atoms with Crippen molar-refractivity contribution in [2.24, 2.45) is 0 Å². The molecule has 0 spiro atoms. The van der Waals surface area contributed by atoms with Crippen molar-refractivity contribution < 1.29 is 0 Å². The molecule has 0 amide bonds. The largest absolute Gasteiger partial charge is 0.315 e. The zero-order valence-electron chi connectivity index (χ0n) is 10.5. The number of rotatable bonds is 2. The number of pyridine rings is 1. The van der Waals surface area contributed by atoms with Crippen LogP contribution in [0.4, 0.5) is 10.9 Å². The molecule has 20 heavy (non-hydrogen) atoms. The fourth-order valence-corrected chi connectivity index (χ4v) is 2.97. The Morgan fingerprint density at radius 3 is 3.00 bits per heavy atom. The Kier molecular flexibility index (Phi) is 3.26. The minimum Gasteiger partial charge on any atom is -0.315 e. The van der Waals surface area contributed by atoms with E-state index in [1.54, 1.807) is 12.3 Å². The van der Waals surface area contributed by atoms with Gasteiger partial charge in [-0.3, -0.25) is 0 Å². The number of thiazole rings is 1. The monoisotopic (exact) mass is 300 g/mol. The van der Waals surface area contributed by atoms with Crippen LogP contribution in [0.25, 0.3) is 10.2 Å². The van der Waals surface area contributed by atoms with E-state index in [1.165, 1.54) is 16.9 Å². The van der Waals surface area contributed by atoms with E-state index in [4.69, 9.17) is 16.9 Å². The van der Waals surface area contributed by atoms with Crippen molar-refractivity contribution in [3.63, 3.8) is 0 Å². The lowest BCUT2D eigenvalue weighted by Crippen LogP contribution is -1.95. The quantitative estimate of drug-likeness (QED) is 0.768. The molecule has 3 aromatic rings. The molecule has 2 aromatic heterocycles. The minimum absolute atomic E-state index is 0.311. The summed E-state index contributed by atoms with van der Waals surface area (Å²) in [6, 6.07) is 9.69. The summed E-state index contributed by atoms with van der Waals surface area (Å²) in [5.74, 6) is 0.446. The van der Waals surface area contributed by atoms with Crippen LogP contribution in [0, 0.1) is 18.3 Å². The number of nitrogens with zero attached hydrogens (tertiary/aromatic N) is 3. The Morgan fingerprint density at radius 1 is 1.35 bits per heavy atom. The van der Waals surface area contributed by atoms with E-state index in [-0.39, 0.29) is 0 Å². The third-order valence-electron chi connectivity index (χ3n) is 2.78. The van der Waals surface area contributed by atoms with Gasteiger partial charge in [0, 0.05) is 6.20 Å². The molecule has 6 heteroatoms. The molecule has 0 saturated heterocycles. The molecule has 1 aromatic carbocycles. The first-order valence-corrected chi connectivity index (χ1v) is 7.05. The second-order valence-corrected chi connectivity index (χ2v) is 5.66. The van der Waals surface area contributed by atoms with Crippen molar-refractivity contribution in [3.05, 3.63) is 46.6 Å². The Balaban J connectivity index is 1.99. The van der Waals surface area contributed by atoms with Gasteiger partial charge in [0.1, 0.15) is 11.1 Å². The number of nitriles is 1. The summed E-state index contributed by atoms with van der Waals surface area (Å²) in [5, 5.41) is 13.0. The number of hydrogen-bond donors (Lipinski definition) is 1.